The highest BCUT2D eigenvalue weighted by Gasteiger charge is 2.30. The molecule has 0 saturated carbocycles. The van der Waals surface area contributed by atoms with Crippen LogP contribution in [0.2, 0.25) is 0 Å². The van der Waals surface area contributed by atoms with E-state index in [0.29, 0.717) is 18.7 Å². The third kappa shape index (κ3) is 3.88. The van der Waals surface area contributed by atoms with Gasteiger partial charge in [-0.25, -0.2) is 4.98 Å². The molecular weight excluding hydrogens is 318 g/mol. The van der Waals surface area contributed by atoms with Crippen molar-refractivity contribution in [1.29, 1.82) is 0 Å². The fourth-order valence-electron chi connectivity index (χ4n) is 3.23. The first kappa shape index (κ1) is 17.2. The van der Waals surface area contributed by atoms with Crippen LogP contribution < -0.4 is 5.32 Å². The largest absolute Gasteiger partial charge is 0.355 e. The highest BCUT2D eigenvalue weighted by atomic mass is 16.2. The Kier molecular flexibility index (Phi) is 5.14. The molecule has 132 valence electrons. The van der Waals surface area contributed by atoms with Gasteiger partial charge in [0, 0.05) is 57.6 Å². The van der Waals surface area contributed by atoms with E-state index in [9.17, 15) is 9.59 Å². The summed E-state index contributed by atoms with van der Waals surface area (Å²) in [5, 5.41) is 2.66. The lowest BCUT2D eigenvalue weighted by molar-refractivity contribution is -0.132. The standard InChI is InChI=1S/C18H23N5O2/c1-13(24)22-6-7-23(10-16-9-20-12-21-16)17(11-22)14-4-3-5-15(8-14)18(25)19-2/h3-5,8-9,12,17H,6-7,10-11H2,1-2H3,(H,19,25)(H,20,21). The molecule has 2 aromatic rings. The summed E-state index contributed by atoms with van der Waals surface area (Å²) in [7, 11) is 1.62. The van der Waals surface area contributed by atoms with E-state index in [1.165, 1.54) is 0 Å². The maximum atomic E-state index is 12.0. The smallest absolute Gasteiger partial charge is 0.251 e. The van der Waals surface area contributed by atoms with Gasteiger partial charge in [0.25, 0.3) is 5.91 Å². The molecule has 1 unspecified atom stereocenters. The van der Waals surface area contributed by atoms with Gasteiger partial charge in [-0.2, -0.15) is 0 Å². The van der Waals surface area contributed by atoms with Crippen molar-refractivity contribution in [2.24, 2.45) is 0 Å². The van der Waals surface area contributed by atoms with E-state index in [1.807, 2.05) is 29.3 Å². The second-order valence-corrected chi connectivity index (χ2v) is 6.23. The molecule has 3 rings (SSSR count). The number of carbonyl (C=O) groups excluding carboxylic acids is 2. The molecule has 1 aromatic heterocycles. The molecule has 1 aliphatic rings. The fourth-order valence-corrected chi connectivity index (χ4v) is 3.23. The van der Waals surface area contributed by atoms with Crippen LogP contribution in [0.3, 0.4) is 0 Å². The second kappa shape index (κ2) is 7.48. The number of aromatic nitrogens is 2. The van der Waals surface area contributed by atoms with Gasteiger partial charge < -0.3 is 15.2 Å². The summed E-state index contributed by atoms with van der Waals surface area (Å²) in [6, 6.07) is 7.65. The van der Waals surface area contributed by atoms with Crippen LogP contribution in [0.4, 0.5) is 0 Å². The molecule has 0 spiro atoms. The summed E-state index contributed by atoms with van der Waals surface area (Å²) in [5.74, 6) is -0.0325. The first-order chi connectivity index (χ1) is 12.1. The number of carbonyl (C=O) groups is 2. The number of hydrogen-bond acceptors (Lipinski definition) is 4. The van der Waals surface area contributed by atoms with Crippen molar-refractivity contribution in [3.8, 4) is 0 Å². The number of amides is 2. The maximum absolute atomic E-state index is 12.0. The SMILES string of the molecule is CNC(=O)c1cccc(C2CN(C(C)=O)CCN2Cc2cnc[nH]2)c1. The highest BCUT2D eigenvalue weighted by molar-refractivity contribution is 5.94. The lowest BCUT2D eigenvalue weighted by Crippen LogP contribution is -2.49. The van der Waals surface area contributed by atoms with Gasteiger partial charge >= 0.3 is 0 Å². The van der Waals surface area contributed by atoms with Crippen molar-refractivity contribution in [3.63, 3.8) is 0 Å². The van der Waals surface area contributed by atoms with Crippen molar-refractivity contribution < 1.29 is 9.59 Å². The summed E-state index contributed by atoms with van der Waals surface area (Å²) in [5.41, 5.74) is 2.69. The van der Waals surface area contributed by atoms with Gasteiger partial charge in [0.1, 0.15) is 0 Å². The number of nitrogens with zero attached hydrogens (tertiary/aromatic N) is 3. The Labute approximate surface area is 147 Å². The number of benzene rings is 1. The van der Waals surface area contributed by atoms with Crippen molar-refractivity contribution in [3.05, 3.63) is 53.6 Å². The summed E-state index contributed by atoms with van der Waals surface area (Å²) < 4.78 is 0. The van der Waals surface area contributed by atoms with Crippen LogP contribution in [-0.4, -0.2) is 58.3 Å². The Balaban J connectivity index is 1.88. The van der Waals surface area contributed by atoms with E-state index < -0.39 is 0 Å². The zero-order valence-corrected chi connectivity index (χ0v) is 14.5. The summed E-state index contributed by atoms with van der Waals surface area (Å²) >= 11 is 0. The number of rotatable bonds is 4. The van der Waals surface area contributed by atoms with Gasteiger partial charge in [-0.05, 0) is 17.7 Å². The fraction of sp³-hybridized carbons (Fsp3) is 0.389. The number of imidazole rings is 1. The van der Waals surface area contributed by atoms with Gasteiger partial charge in [0.15, 0.2) is 0 Å². The van der Waals surface area contributed by atoms with Crippen molar-refractivity contribution in [1.82, 2.24) is 25.1 Å². The van der Waals surface area contributed by atoms with Gasteiger partial charge in [-0.15, -0.1) is 0 Å². The molecule has 0 aliphatic carbocycles. The number of H-pyrrole nitrogens is 1. The molecular formula is C18H23N5O2. The van der Waals surface area contributed by atoms with E-state index in [1.54, 1.807) is 26.4 Å². The van der Waals surface area contributed by atoms with Crippen LogP contribution in [0.5, 0.6) is 0 Å². The molecule has 0 bridgehead atoms. The second-order valence-electron chi connectivity index (χ2n) is 6.23. The lowest BCUT2D eigenvalue weighted by atomic mass is 9.99. The van der Waals surface area contributed by atoms with Crippen molar-refractivity contribution in [2.75, 3.05) is 26.7 Å². The molecule has 1 aromatic carbocycles. The predicted octanol–water partition coefficient (Wildman–Crippen LogP) is 1.17. The average molecular weight is 341 g/mol. The topological polar surface area (TPSA) is 81.3 Å². The molecule has 7 nitrogen and oxygen atoms in total. The van der Waals surface area contributed by atoms with E-state index in [0.717, 1.165) is 24.3 Å². The zero-order valence-electron chi connectivity index (χ0n) is 14.5. The Bertz CT molecular complexity index is 744. The normalized spacial score (nSPS) is 18.2. The predicted molar refractivity (Wildman–Crippen MR) is 93.8 cm³/mol. The van der Waals surface area contributed by atoms with E-state index >= 15 is 0 Å². The number of piperazine rings is 1. The number of hydrogen-bond donors (Lipinski definition) is 2. The van der Waals surface area contributed by atoms with E-state index in [2.05, 4.69) is 20.2 Å². The number of nitrogens with one attached hydrogen (secondary N) is 2. The third-order valence-corrected chi connectivity index (χ3v) is 4.63. The molecule has 2 amide bonds. The first-order valence-electron chi connectivity index (χ1n) is 8.37. The Morgan fingerprint density at radius 2 is 2.20 bits per heavy atom. The monoisotopic (exact) mass is 341 g/mol. The minimum atomic E-state index is -0.110. The van der Waals surface area contributed by atoms with Crippen LogP contribution in [0.1, 0.15) is 34.6 Å². The summed E-state index contributed by atoms with van der Waals surface area (Å²) in [6.45, 7) is 4.41. The van der Waals surface area contributed by atoms with Crippen LogP contribution in [0, 0.1) is 0 Å². The van der Waals surface area contributed by atoms with Crippen LogP contribution in [0.15, 0.2) is 36.8 Å². The molecule has 7 heteroatoms. The molecule has 1 fully saturated rings. The molecule has 2 N–H and O–H groups in total. The summed E-state index contributed by atoms with van der Waals surface area (Å²) in [6.07, 6.45) is 3.48. The minimum absolute atomic E-state index is 0.0329. The van der Waals surface area contributed by atoms with Crippen molar-refractivity contribution in [2.45, 2.75) is 19.5 Å². The lowest BCUT2D eigenvalue weighted by Gasteiger charge is -2.41. The van der Waals surface area contributed by atoms with Crippen LogP contribution in [-0.2, 0) is 11.3 Å². The molecule has 25 heavy (non-hydrogen) atoms. The van der Waals surface area contributed by atoms with Gasteiger partial charge in [0.2, 0.25) is 5.91 Å². The van der Waals surface area contributed by atoms with Crippen LogP contribution >= 0.6 is 0 Å². The van der Waals surface area contributed by atoms with E-state index in [4.69, 9.17) is 0 Å². The third-order valence-electron chi connectivity index (χ3n) is 4.63. The number of aromatic amines is 1. The molecule has 1 atom stereocenters. The summed E-state index contributed by atoms with van der Waals surface area (Å²) in [4.78, 5) is 35.2. The molecule has 2 heterocycles. The maximum Gasteiger partial charge on any atom is 0.251 e. The van der Waals surface area contributed by atoms with Crippen molar-refractivity contribution >= 4 is 11.8 Å². The van der Waals surface area contributed by atoms with Gasteiger partial charge in [0.05, 0.1) is 12.4 Å². The van der Waals surface area contributed by atoms with E-state index in [-0.39, 0.29) is 17.9 Å². The van der Waals surface area contributed by atoms with Crippen LogP contribution in [0.25, 0.3) is 0 Å². The highest BCUT2D eigenvalue weighted by Crippen LogP contribution is 2.27. The molecule has 1 aliphatic heterocycles. The Morgan fingerprint density at radius 3 is 2.88 bits per heavy atom. The van der Waals surface area contributed by atoms with Gasteiger partial charge in [-0.3, -0.25) is 14.5 Å². The average Bonchev–Trinajstić information content (AvgIpc) is 3.14. The minimum Gasteiger partial charge on any atom is -0.355 e. The molecule has 1 saturated heterocycles. The quantitative estimate of drug-likeness (QED) is 0.875. The van der Waals surface area contributed by atoms with Gasteiger partial charge in [-0.1, -0.05) is 12.1 Å². The Hall–Kier alpha value is -2.67. The zero-order chi connectivity index (χ0) is 17.8. The first-order valence-corrected chi connectivity index (χ1v) is 8.37. The Morgan fingerprint density at radius 1 is 1.36 bits per heavy atom. The molecule has 0 radical (unpaired) electrons.